The lowest BCUT2D eigenvalue weighted by Crippen LogP contribution is -2.00. The van der Waals surface area contributed by atoms with Crippen molar-refractivity contribution in [1.82, 2.24) is 0 Å². The van der Waals surface area contributed by atoms with Crippen molar-refractivity contribution in [3.05, 3.63) is 35.1 Å². The molecule has 0 aliphatic rings. The van der Waals surface area contributed by atoms with E-state index in [0.717, 1.165) is 30.4 Å². The molecule has 0 fully saturated rings. The van der Waals surface area contributed by atoms with Gasteiger partial charge in [0, 0.05) is 0 Å². The predicted molar refractivity (Wildman–Crippen MR) is 53.1 cm³/mol. The molecule has 0 aliphatic heterocycles. The predicted octanol–water partition coefficient (Wildman–Crippen LogP) is 2.42. The smallest absolute Gasteiger partial charge is 0.126 e. The number of benzene rings is 1. The van der Waals surface area contributed by atoms with Crippen molar-refractivity contribution in [3.63, 3.8) is 0 Å². The molecule has 0 spiro atoms. The van der Waals surface area contributed by atoms with Gasteiger partial charge in [0.2, 0.25) is 0 Å². The topological polar surface area (TPSA) is 26.0 Å². The highest BCUT2D eigenvalue weighted by molar-refractivity contribution is 5.23. The zero-order valence-corrected chi connectivity index (χ0v) is 8.02. The zero-order valence-electron chi connectivity index (χ0n) is 8.02. The average Bonchev–Trinajstić information content (AvgIpc) is 2.09. The highest BCUT2D eigenvalue weighted by Gasteiger charge is 2.00. The Hall–Kier alpha value is -0.890. The first-order valence-corrected chi connectivity index (χ1v) is 4.69. The average molecular weight is 181 g/mol. The van der Waals surface area contributed by atoms with Crippen LogP contribution in [0.2, 0.25) is 0 Å². The minimum atomic E-state index is -0.0861. The van der Waals surface area contributed by atoms with Crippen LogP contribution in [0.4, 0.5) is 4.39 Å². The monoisotopic (exact) mass is 181 g/mol. The van der Waals surface area contributed by atoms with Gasteiger partial charge < -0.3 is 5.73 Å². The van der Waals surface area contributed by atoms with E-state index in [4.69, 9.17) is 5.73 Å². The largest absolute Gasteiger partial charge is 0.330 e. The lowest BCUT2D eigenvalue weighted by molar-refractivity contribution is 0.600. The fourth-order valence-corrected chi connectivity index (χ4v) is 1.31. The van der Waals surface area contributed by atoms with E-state index in [-0.39, 0.29) is 5.82 Å². The Kier molecular flexibility index (Phi) is 3.90. The van der Waals surface area contributed by atoms with E-state index in [0.29, 0.717) is 6.54 Å². The van der Waals surface area contributed by atoms with Crippen molar-refractivity contribution in [3.8, 4) is 0 Å². The third-order valence-corrected chi connectivity index (χ3v) is 2.11. The van der Waals surface area contributed by atoms with Crippen LogP contribution >= 0.6 is 0 Å². The molecule has 2 heteroatoms. The van der Waals surface area contributed by atoms with Gasteiger partial charge in [0.1, 0.15) is 5.82 Å². The molecule has 0 unspecified atom stereocenters. The second kappa shape index (κ2) is 4.97. The molecule has 0 aliphatic carbocycles. The van der Waals surface area contributed by atoms with E-state index in [1.807, 2.05) is 19.1 Å². The van der Waals surface area contributed by atoms with Gasteiger partial charge in [0.05, 0.1) is 0 Å². The lowest BCUT2D eigenvalue weighted by atomic mass is 10.1. The SMILES string of the molecule is Cc1ccc(CCCCN)c(F)c1. The normalized spacial score (nSPS) is 10.4. The van der Waals surface area contributed by atoms with Crippen molar-refractivity contribution in [1.29, 1.82) is 0 Å². The summed E-state index contributed by atoms with van der Waals surface area (Å²) in [5, 5.41) is 0. The van der Waals surface area contributed by atoms with Crippen molar-refractivity contribution >= 4 is 0 Å². The van der Waals surface area contributed by atoms with E-state index >= 15 is 0 Å². The highest BCUT2D eigenvalue weighted by Crippen LogP contribution is 2.12. The van der Waals surface area contributed by atoms with E-state index in [1.54, 1.807) is 6.07 Å². The van der Waals surface area contributed by atoms with Crippen molar-refractivity contribution < 1.29 is 4.39 Å². The summed E-state index contributed by atoms with van der Waals surface area (Å²) in [5.41, 5.74) is 7.14. The summed E-state index contributed by atoms with van der Waals surface area (Å²) in [4.78, 5) is 0. The van der Waals surface area contributed by atoms with Gasteiger partial charge in [-0.05, 0) is 49.9 Å². The van der Waals surface area contributed by atoms with Crippen LogP contribution in [0.15, 0.2) is 18.2 Å². The molecular weight excluding hydrogens is 165 g/mol. The number of hydrogen-bond donors (Lipinski definition) is 1. The molecule has 13 heavy (non-hydrogen) atoms. The molecule has 0 atom stereocenters. The standard InChI is InChI=1S/C11H16FN/c1-9-5-6-10(11(12)8-9)4-2-3-7-13/h5-6,8H,2-4,7,13H2,1H3. The maximum absolute atomic E-state index is 13.2. The molecule has 0 aromatic heterocycles. The van der Waals surface area contributed by atoms with E-state index in [2.05, 4.69) is 0 Å². The Morgan fingerprint density at radius 3 is 2.69 bits per heavy atom. The Balaban J connectivity index is 2.56. The van der Waals surface area contributed by atoms with Crippen molar-refractivity contribution in [2.75, 3.05) is 6.54 Å². The first kappa shape index (κ1) is 10.2. The molecule has 0 radical (unpaired) electrons. The fraction of sp³-hybridized carbons (Fsp3) is 0.455. The molecule has 1 aromatic rings. The highest BCUT2D eigenvalue weighted by atomic mass is 19.1. The van der Waals surface area contributed by atoms with Crippen LogP contribution in [0.5, 0.6) is 0 Å². The Morgan fingerprint density at radius 1 is 1.31 bits per heavy atom. The molecular formula is C11H16FN. The van der Waals surface area contributed by atoms with E-state index < -0.39 is 0 Å². The lowest BCUT2D eigenvalue weighted by Gasteiger charge is -2.03. The van der Waals surface area contributed by atoms with Gasteiger partial charge in [-0.25, -0.2) is 4.39 Å². The molecule has 1 rings (SSSR count). The van der Waals surface area contributed by atoms with Crippen LogP contribution in [-0.2, 0) is 6.42 Å². The molecule has 0 saturated carbocycles. The summed E-state index contributed by atoms with van der Waals surface area (Å²) in [6.45, 7) is 2.58. The summed E-state index contributed by atoms with van der Waals surface area (Å²) in [6.07, 6.45) is 2.73. The van der Waals surface area contributed by atoms with Crippen molar-refractivity contribution in [2.24, 2.45) is 5.73 Å². The van der Waals surface area contributed by atoms with Gasteiger partial charge in [-0.1, -0.05) is 12.1 Å². The molecule has 0 heterocycles. The van der Waals surface area contributed by atoms with Crippen LogP contribution in [0.25, 0.3) is 0 Å². The molecule has 2 N–H and O–H groups in total. The number of unbranched alkanes of at least 4 members (excludes halogenated alkanes) is 1. The second-order valence-corrected chi connectivity index (χ2v) is 3.34. The summed E-state index contributed by atoms with van der Waals surface area (Å²) in [7, 11) is 0. The van der Waals surface area contributed by atoms with Gasteiger partial charge >= 0.3 is 0 Å². The molecule has 0 bridgehead atoms. The van der Waals surface area contributed by atoms with Crippen LogP contribution < -0.4 is 5.73 Å². The first-order chi connectivity index (χ1) is 6.24. The third-order valence-electron chi connectivity index (χ3n) is 2.11. The maximum atomic E-state index is 13.2. The molecule has 0 amide bonds. The van der Waals surface area contributed by atoms with Gasteiger partial charge in [0.15, 0.2) is 0 Å². The minimum Gasteiger partial charge on any atom is -0.330 e. The number of hydrogen-bond acceptors (Lipinski definition) is 1. The van der Waals surface area contributed by atoms with E-state index in [1.165, 1.54) is 0 Å². The summed E-state index contributed by atoms with van der Waals surface area (Å²) in [6, 6.07) is 5.39. The third kappa shape index (κ3) is 3.15. The number of rotatable bonds is 4. The number of aryl methyl sites for hydroxylation is 2. The number of halogens is 1. The van der Waals surface area contributed by atoms with Gasteiger partial charge in [0.25, 0.3) is 0 Å². The van der Waals surface area contributed by atoms with E-state index in [9.17, 15) is 4.39 Å². The Morgan fingerprint density at radius 2 is 2.08 bits per heavy atom. The Bertz CT molecular complexity index is 271. The summed E-state index contributed by atoms with van der Waals surface area (Å²) < 4.78 is 13.2. The van der Waals surface area contributed by atoms with Crippen LogP contribution in [-0.4, -0.2) is 6.54 Å². The van der Waals surface area contributed by atoms with Gasteiger partial charge in [-0.3, -0.25) is 0 Å². The summed E-state index contributed by atoms with van der Waals surface area (Å²) >= 11 is 0. The van der Waals surface area contributed by atoms with Gasteiger partial charge in [-0.15, -0.1) is 0 Å². The van der Waals surface area contributed by atoms with Crippen LogP contribution in [0, 0.1) is 12.7 Å². The second-order valence-electron chi connectivity index (χ2n) is 3.34. The molecule has 72 valence electrons. The first-order valence-electron chi connectivity index (χ1n) is 4.69. The molecule has 1 aromatic carbocycles. The summed E-state index contributed by atoms with van der Waals surface area (Å²) in [5.74, 6) is -0.0861. The number of nitrogens with two attached hydrogens (primary N) is 1. The maximum Gasteiger partial charge on any atom is 0.126 e. The van der Waals surface area contributed by atoms with Crippen molar-refractivity contribution in [2.45, 2.75) is 26.2 Å². The minimum absolute atomic E-state index is 0.0861. The fourth-order valence-electron chi connectivity index (χ4n) is 1.31. The quantitative estimate of drug-likeness (QED) is 0.709. The van der Waals surface area contributed by atoms with Crippen LogP contribution in [0.3, 0.4) is 0 Å². The zero-order chi connectivity index (χ0) is 9.68. The van der Waals surface area contributed by atoms with Gasteiger partial charge in [-0.2, -0.15) is 0 Å². The molecule has 0 saturated heterocycles. The molecule has 1 nitrogen and oxygen atoms in total. The Labute approximate surface area is 78.8 Å². The van der Waals surface area contributed by atoms with Crippen LogP contribution in [0.1, 0.15) is 24.0 Å².